The van der Waals surface area contributed by atoms with Crippen LogP contribution in [0.1, 0.15) is 21.6 Å². The van der Waals surface area contributed by atoms with Gasteiger partial charge in [-0.3, -0.25) is 4.79 Å². The predicted octanol–water partition coefficient (Wildman–Crippen LogP) is 4.00. The molecule has 0 saturated heterocycles. The lowest BCUT2D eigenvalue weighted by molar-refractivity contribution is -0.684. The molecule has 3 heteroatoms. The molecule has 0 N–H and O–H groups in total. The van der Waals surface area contributed by atoms with Gasteiger partial charge in [0.25, 0.3) is 0 Å². The number of hydrogen-bond donors (Lipinski definition) is 0. The van der Waals surface area contributed by atoms with Crippen molar-refractivity contribution in [2.45, 2.75) is 13.0 Å². The minimum absolute atomic E-state index is 0.0958. The van der Waals surface area contributed by atoms with Crippen molar-refractivity contribution in [3.8, 4) is 0 Å². The number of Topliss-reactive ketones (excluding diaryl/α,β-unsaturated/α-hetero) is 1. The Morgan fingerprint density at radius 3 is 2.50 bits per heavy atom. The molecule has 4 rings (SSSR count). The molecule has 4 aromatic rings. The number of carbonyl (C=O) groups is 1. The quantitative estimate of drug-likeness (QED) is 0.407. The highest BCUT2D eigenvalue weighted by molar-refractivity contribution is 5.94. The smallest absolute Gasteiger partial charge is 0.227 e. The lowest BCUT2D eigenvalue weighted by Crippen LogP contribution is -2.38. The third-order valence-electron chi connectivity index (χ3n) is 4.43. The minimum atomic E-state index is 0.0958. The highest BCUT2D eigenvalue weighted by atomic mass is 16.1. The van der Waals surface area contributed by atoms with Crippen molar-refractivity contribution in [3.63, 3.8) is 0 Å². The molecule has 0 amide bonds. The number of nitrogens with zero attached hydrogens (tertiary/aromatic N) is 2. The van der Waals surface area contributed by atoms with E-state index in [1.165, 1.54) is 16.3 Å². The summed E-state index contributed by atoms with van der Waals surface area (Å²) in [5.41, 5.74) is 2.89. The number of ketones is 1. The van der Waals surface area contributed by atoms with Gasteiger partial charge in [0.2, 0.25) is 12.3 Å². The second-order valence-corrected chi connectivity index (χ2v) is 6.37. The van der Waals surface area contributed by atoms with E-state index in [9.17, 15) is 4.79 Å². The fourth-order valence-electron chi connectivity index (χ4n) is 3.11. The van der Waals surface area contributed by atoms with E-state index in [2.05, 4.69) is 41.4 Å². The van der Waals surface area contributed by atoms with E-state index >= 15 is 0 Å². The van der Waals surface area contributed by atoms with Gasteiger partial charge in [-0.15, -0.1) is 0 Å². The summed E-state index contributed by atoms with van der Waals surface area (Å²) in [6.45, 7) is 0.317. The summed E-state index contributed by atoms with van der Waals surface area (Å²) >= 11 is 0. The normalized spacial score (nSPS) is 10.8. The number of aromatic nitrogens is 2. The van der Waals surface area contributed by atoms with Gasteiger partial charge in [-0.05, 0) is 16.3 Å². The van der Waals surface area contributed by atoms with Gasteiger partial charge in [0.05, 0.1) is 6.20 Å². The first-order valence-electron chi connectivity index (χ1n) is 8.68. The van der Waals surface area contributed by atoms with Crippen LogP contribution < -0.4 is 4.57 Å². The van der Waals surface area contributed by atoms with Gasteiger partial charge in [0.15, 0.2) is 12.4 Å². The van der Waals surface area contributed by atoms with Crippen LogP contribution in [-0.4, -0.2) is 10.8 Å². The zero-order chi connectivity index (χ0) is 17.8. The van der Waals surface area contributed by atoms with E-state index in [1.807, 2.05) is 53.4 Å². The Labute approximate surface area is 152 Å². The van der Waals surface area contributed by atoms with Gasteiger partial charge >= 0.3 is 0 Å². The maximum absolute atomic E-state index is 12.4. The average molecular weight is 339 g/mol. The molecule has 1 aromatic heterocycles. The lowest BCUT2D eigenvalue weighted by Gasteiger charge is -2.04. The number of hydrogen-bond acceptors (Lipinski definition) is 2. The molecule has 126 valence electrons. The summed E-state index contributed by atoms with van der Waals surface area (Å²) < 4.78 is 1.90. The van der Waals surface area contributed by atoms with Crippen molar-refractivity contribution in [1.82, 2.24) is 4.98 Å². The molecular formula is C23H19N2O+. The van der Waals surface area contributed by atoms with Crippen LogP contribution in [0.3, 0.4) is 0 Å². The van der Waals surface area contributed by atoms with Crippen molar-refractivity contribution in [3.05, 3.63) is 108 Å². The fourth-order valence-corrected chi connectivity index (χ4v) is 3.11. The second-order valence-electron chi connectivity index (χ2n) is 6.37. The van der Waals surface area contributed by atoms with E-state index in [0.717, 1.165) is 17.7 Å². The molecule has 0 atom stereocenters. The van der Waals surface area contributed by atoms with Crippen LogP contribution in [0.25, 0.3) is 10.8 Å². The van der Waals surface area contributed by atoms with E-state index in [4.69, 9.17) is 0 Å². The maximum atomic E-state index is 12.4. The monoisotopic (exact) mass is 339 g/mol. The molecule has 0 radical (unpaired) electrons. The van der Waals surface area contributed by atoms with Gasteiger partial charge in [-0.2, -0.15) is 4.57 Å². The Morgan fingerprint density at radius 2 is 1.65 bits per heavy atom. The summed E-state index contributed by atoms with van der Waals surface area (Å²) in [7, 11) is 0. The minimum Gasteiger partial charge on any atom is -0.287 e. The van der Waals surface area contributed by atoms with Crippen molar-refractivity contribution >= 4 is 16.6 Å². The number of fused-ring (bicyclic) bond motifs is 1. The molecular weight excluding hydrogens is 320 g/mol. The summed E-state index contributed by atoms with van der Waals surface area (Å²) in [5.74, 6) is 0.0958. The molecule has 0 fully saturated rings. The van der Waals surface area contributed by atoms with Gasteiger partial charge in [0.1, 0.15) is 5.69 Å². The highest BCUT2D eigenvalue weighted by Gasteiger charge is 2.13. The number of rotatable bonds is 5. The summed E-state index contributed by atoms with van der Waals surface area (Å²) in [6.07, 6.45) is 6.29. The molecule has 0 unspecified atom stereocenters. The molecule has 0 aliphatic heterocycles. The molecule has 0 aliphatic carbocycles. The predicted molar refractivity (Wildman–Crippen MR) is 102 cm³/mol. The SMILES string of the molecule is O=C(C[n+]1ccnc(Cc2ccc3ccccc3c2)c1)c1ccccc1. The maximum Gasteiger partial charge on any atom is 0.227 e. The standard InChI is InChI=1S/C23H19N2O/c26-23(20-7-2-1-3-8-20)17-25-13-12-24-22(16-25)15-18-10-11-19-6-4-5-9-21(19)14-18/h1-14,16H,15,17H2/q+1. The first-order valence-corrected chi connectivity index (χ1v) is 8.68. The van der Waals surface area contributed by atoms with E-state index in [-0.39, 0.29) is 5.78 Å². The molecule has 3 aromatic carbocycles. The summed E-state index contributed by atoms with van der Waals surface area (Å²) in [4.78, 5) is 16.9. The Kier molecular flexibility index (Phi) is 4.52. The Morgan fingerprint density at radius 1 is 0.885 bits per heavy atom. The molecule has 26 heavy (non-hydrogen) atoms. The Bertz CT molecular complexity index is 1060. The van der Waals surface area contributed by atoms with Crippen LogP contribution in [0.2, 0.25) is 0 Å². The van der Waals surface area contributed by atoms with Crippen molar-refractivity contribution in [2.75, 3.05) is 0 Å². The zero-order valence-electron chi connectivity index (χ0n) is 14.4. The van der Waals surface area contributed by atoms with Gasteiger partial charge in [-0.25, -0.2) is 4.98 Å². The zero-order valence-corrected chi connectivity index (χ0v) is 14.4. The lowest BCUT2D eigenvalue weighted by atomic mass is 10.0. The van der Waals surface area contributed by atoms with Crippen molar-refractivity contribution < 1.29 is 9.36 Å². The van der Waals surface area contributed by atoms with Gasteiger partial charge in [-0.1, -0.05) is 72.8 Å². The Balaban J connectivity index is 1.52. The van der Waals surface area contributed by atoms with Crippen LogP contribution in [0, 0.1) is 0 Å². The fraction of sp³-hybridized carbons (Fsp3) is 0.0870. The number of carbonyl (C=O) groups excluding carboxylic acids is 1. The average Bonchev–Trinajstić information content (AvgIpc) is 2.69. The van der Waals surface area contributed by atoms with E-state index in [0.29, 0.717) is 6.54 Å². The third-order valence-corrected chi connectivity index (χ3v) is 4.43. The largest absolute Gasteiger partial charge is 0.287 e. The van der Waals surface area contributed by atoms with Crippen LogP contribution in [-0.2, 0) is 13.0 Å². The van der Waals surface area contributed by atoms with E-state index in [1.54, 1.807) is 6.20 Å². The topological polar surface area (TPSA) is 33.8 Å². The third kappa shape index (κ3) is 3.67. The molecule has 1 heterocycles. The highest BCUT2D eigenvalue weighted by Crippen LogP contribution is 2.17. The Hall–Kier alpha value is -3.33. The van der Waals surface area contributed by atoms with Gasteiger partial charge in [0, 0.05) is 12.0 Å². The molecule has 0 spiro atoms. The van der Waals surface area contributed by atoms with Crippen molar-refractivity contribution in [2.24, 2.45) is 0 Å². The van der Waals surface area contributed by atoms with Crippen LogP contribution >= 0.6 is 0 Å². The van der Waals surface area contributed by atoms with E-state index < -0.39 is 0 Å². The first kappa shape index (κ1) is 16.2. The molecule has 0 aliphatic rings. The second kappa shape index (κ2) is 7.28. The van der Waals surface area contributed by atoms with Gasteiger partial charge < -0.3 is 0 Å². The van der Waals surface area contributed by atoms with Crippen LogP contribution in [0.5, 0.6) is 0 Å². The summed E-state index contributed by atoms with van der Waals surface area (Å²) in [6, 6.07) is 24.2. The summed E-state index contributed by atoms with van der Waals surface area (Å²) in [5, 5.41) is 2.47. The van der Waals surface area contributed by atoms with Crippen LogP contribution in [0.15, 0.2) is 91.4 Å². The first-order chi connectivity index (χ1) is 12.8. The molecule has 3 nitrogen and oxygen atoms in total. The van der Waals surface area contributed by atoms with Crippen molar-refractivity contribution in [1.29, 1.82) is 0 Å². The molecule has 0 saturated carbocycles. The molecule has 0 bridgehead atoms. The number of benzene rings is 3. The van der Waals surface area contributed by atoms with Crippen LogP contribution in [0.4, 0.5) is 0 Å².